The zero-order valence-corrected chi connectivity index (χ0v) is 15.2. The van der Waals surface area contributed by atoms with Gasteiger partial charge in [0.2, 0.25) is 5.56 Å². The highest BCUT2D eigenvalue weighted by molar-refractivity contribution is 6.09. The molecule has 144 valence electrons. The highest BCUT2D eigenvalue weighted by Crippen LogP contribution is 2.39. The lowest BCUT2D eigenvalue weighted by Gasteiger charge is -2.12. The summed E-state index contributed by atoms with van der Waals surface area (Å²) in [4.78, 5) is 25.0. The molecule has 0 amide bonds. The Morgan fingerprint density at radius 2 is 1.93 bits per heavy atom. The number of hydrogen-bond acceptors (Lipinski definition) is 3. The quantitative estimate of drug-likeness (QED) is 0.548. The van der Waals surface area contributed by atoms with Crippen LogP contribution in [0, 0.1) is 13.8 Å². The zero-order valence-electron chi connectivity index (χ0n) is 15.2. The minimum Gasteiger partial charge on any atom is -0.466 e. The molecule has 0 aliphatic carbocycles. The summed E-state index contributed by atoms with van der Waals surface area (Å²) in [7, 11) is 0. The Kier molecular flexibility index (Phi) is 4.75. The van der Waals surface area contributed by atoms with E-state index in [1.54, 1.807) is 13.0 Å². The summed E-state index contributed by atoms with van der Waals surface area (Å²) >= 11 is 0. The average molecular weight is 380 g/mol. The Balaban J connectivity index is 2.22. The van der Waals surface area contributed by atoms with E-state index in [1.165, 1.54) is 13.0 Å². The predicted molar refractivity (Wildman–Crippen MR) is 95.8 cm³/mol. The van der Waals surface area contributed by atoms with Crippen LogP contribution < -0.4 is 5.56 Å². The second-order valence-electron chi connectivity index (χ2n) is 6.48. The second kappa shape index (κ2) is 6.75. The van der Waals surface area contributed by atoms with Crippen LogP contribution in [-0.2, 0) is 22.3 Å². The fourth-order valence-electron chi connectivity index (χ4n) is 3.47. The van der Waals surface area contributed by atoms with E-state index in [4.69, 9.17) is 4.74 Å². The van der Waals surface area contributed by atoms with Crippen molar-refractivity contribution in [1.29, 1.82) is 0 Å². The van der Waals surface area contributed by atoms with Gasteiger partial charge in [-0.2, -0.15) is 13.2 Å². The number of pyridine rings is 1. The van der Waals surface area contributed by atoms with Gasteiger partial charge in [-0.3, -0.25) is 9.59 Å². The molecule has 0 spiro atoms. The van der Waals surface area contributed by atoms with E-state index in [0.29, 0.717) is 29.9 Å². The van der Waals surface area contributed by atoms with Crippen LogP contribution in [0.5, 0.6) is 0 Å². The summed E-state index contributed by atoms with van der Waals surface area (Å²) in [5, 5.41) is 0.472. The highest BCUT2D eigenvalue weighted by Gasteiger charge is 2.34. The first-order valence-electron chi connectivity index (χ1n) is 8.47. The van der Waals surface area contributed by atoms with Gasteiger partial charge in [-0.05, 0) is 38.0 Å². The number of carbonyl (C=O) groups is 1. The number of esters is 1. The van der Waals surface area contributed by atoms with Crippen molar-refractivity contribution in [3.63, 3.8) is 0 Å². The largest absolute Gasteiger partial charge is 0.466 e. The number of aromatic amines is 1. The maximum Gasteiger partial charge on any atom is 0.417 e. The predicted octanol–water partition coefficient (Wildman–Crippen LogP) is 4.07. The Hall–Kier alpha value is -2.77. The molecule has 0 unspecified atom stereocenters. The van der Waals surface area contributed by atoms with Crippen molar-refractivity contribution in [1.82, 2.24) is 9.55 Å². The molecule has 8 heteroatoms. The molecule has 3 rings (SSSR count). The average Bonchev–Trinajstić information content (AvgIpc) is 2.81. The first kappa shape index (κ1) is 19.0. The summed E-state index contributed by atoms with van der Waals surface area (Å²) in [5.41, 5.74) is 0.636. The third-order valence-electron chi connectivity index (χ3n) is 4.74. The molecule has 2 aromatic heterocycles. The van der Waals surface area contributed by atoms with Crippen molar-refractivity contribution in [2.75, 3.05) is 6.61 Å². The molecule has 0 fully saturated rings. The summed E-state index contributed by atoms with van der Waals surface area (Å²) < 4.78 is 47.6. The van der Waals surface area contributed by atoms with Crippen molar-refractivity contribution in [2.24, 2.45) is 0 Å². The third-order valence-corrected chi connectivity index (χ3v) is 4.74. The number of nitrogens with zero attached hydrogens (tertiary/aromatic N) is 1. The van der Waals surface area contributed by atoms with Crippen molar-refractivity contribution in [2.45, 2.75) is 39.9 Å². The van der Waals surface area contributed by atoms with Crippen molar-refractivity contribution in [3.05, 3.63) is 45.4 Å². The number of ether oxygens (including phenoxy) is 1. The molecule has 0 bridgehead atoms. The van der Waals surface area contributed by atoms with Crippen molar-refractivity contribution < 1.29 is 22.7 Å². The number of alkyl halides is 3. The van der Waals surface area contributed by atoms with Gasteiger partial charge in [0.1, 0.15) is 0 Å². The van der Waals surface area contributed by atoms with Crippen LogP contribution in [0.2, 0.25) is 0 Å². The lowest BCUT2D eigenvalue weighted by atomic mass is 10.0. The van der Waals surface area contributed by atoms with Gasteiger partial charge in [-0.25, -0.2) is 0 Å². The Morgan fingerprint density at radius 1 is 1.22 bits per heavy atom. The van der Waals surface area contributed by atoms with E-state index in [0.717, 1.165) is 11.3 Å². The van der Waals surface area contributed by atoms with Crippen LogP contribution in [0.3, 0.4) is 0 Å². The topological polar surface area (TPSA) is 64.1 Å². The SMILES string of the molecule is CC(=O)OCCCn1c(C)c(C)c2c3c(C(F)(F)F)cc(=O)[nH]c3ccc21. The van der Waals surface area contributed by atoms with Gasteiger partial charge in [0.15, 0.2) is 0 Å². The molecular formula is C19H19F3N2O3. The molecule has 0 aliphatic rings. The third kappa shape index (κ3) is 3.43. The standard InChI is InChI=1S/C19H19F3N2O3/c1-10-11(2)24(7-4-8-27-12(3)25)15-6-5-14-18(17(10)15)13(19(20,21)22)9-16(26)23-14/h5-6,9H,4,7-8H2,1-3H3,(H,23,26). The van der Waals surface area contributed by atoms with E-state index in [9.17, 15) is 22.8 Å². The molecule has 0 radical (unpaired) electrons. The van der Waals surface area contributed by atoms with Crippen LogP contribution in [0.15, 0.2) is 23.0 Å². The normalized spacial score (nSPS) is 12.1. The van der Waals surface area contributed by atoms with Crippen molar-refractivity contribution >= 4 is 27.8 Å². The van der Waals surface area contributed by atoms with Crippen molar-refractivity contribution in [3.8, 4) is 0 Å². The fraction of sp³-hybridized carbons (Fsp3) is 0.368. The van der Waals surface area contributed by atoms with Gasteiger partial charge in [0.05, 0.1) is 12.2 Å². The molecule has 1 N–H and O–H groups in total. The molecule has 5 nitrogen and oxygen atoms in total. The van der Waals surface area contributed by atoms with E-state index >= 15 is 0 Å². The lowest BCUT2D eigenvalue weighted by Crippen LogP contribution is -2.14. The highest BCUT2D eigenvalue weighted by atomic mass is 19.4. The summed E-state index contributed by atoms with van der Waals surface area (Å²) in [5.74, 6) is -0.370. The summed E-state index contributed by atoms with van der Waals surface area (Å²) in [6, 6.07) is 3.81. The fourth-order valence-corrected chi connectivity index (χ4v) is 3.47. The molecule has 2 heterocycles. The number of benzene rings is 1. The lowest BCUT2D eigenvalue weighted by molar-refractivity contribution is -0.141. The van der Waals surface area contributed by atoms with Crippen LogP contribution in [-0.4, -0.2) is 22.1 Å². The number of carbonyl (C=O) groups excluding carboxylic acids is 1. The number of H-pyrrole nitrogens is 1. The first-order chi connectivity index (χ1) is 12.6. The Labute approximate surface area is 152 Å². The van der Waals surface area contributed by atoms with Gasteiger partial charge < -0.3 is 14.3 Å². The molecule has 27 heavy (non-hydrogen) atoms. The zero-order chi connectivity index (χ0) is 19.9. The summed E-state index contributed by atoms with van der Waals surface area (Å²) in [6.07, 6.45) is -4.10. The van der Waals surface area contributed by atoms with E-state index < -0.39 is 17.3 Å². The molecule has 0 aliphatic heterocycles. The smallest absolute Gasteiger partial charge is 0.417 e. The molecule has 0 saturated heterocycles. The maximum atomic E-state index is 13.6. The molecule has 0 atom stereocenters. The molecule has 0 saturated carbocycles. The van der Waals surface area contributed by atoms with Crippen LogP contribution in [0.25, 0.3) is 21.8 Å². The monoisotopic (exact) mass is 380 g/mol. The van der Waals surface area contributed by atoms with Crippen LogP contribution in [0.1, 0.15) is 30.2 Å². The minimum absolute atomic E-state index is 0.000985. The van der Waals surface area contributed by atoms with Gasteiger partial charge in [-0.15, -0.1) is 0 Å². The van der Waals surface area contributed by atoms with Gasteiger partial charge >= 0.3 is 12.1 Å². The molecule has 3 aromatic rings. The number of hydrogen-bond donors (Lipinski definition) is 1. The van der Waals surface area contributed by atoms with Crippen LogP contribution >= 0.6 is 0 Å². The molecular weight excluding hydrogens is 361 g/mol. The van der Waals surface area contributed by atoms with E-state index in [1.807, 2.05) is 11.5 Å². The molecule has 1 aromatic carbocycles. The van der Waals surface area contributed by atoms with Gasteiger partial charge in [0.25, 0.3) is 0 Å². The number of rotatable bonds is 4. The van der Waals surface area contributed by atoms with E-state index in [2.05, 4.69) is 4.98 Å². The number of nitrogens with one attached hydrogen (secondary N) is 1. The van der Waals surface area contributed by atoms with E-state index in [-0.39, 0.29) is 23.5 Å². The van der Waals surface area contributed by atoms with Gasteiger partial charge in [-0.1, -0.05) is 0 Å². The number of fused-ring (bicyclic) bond motifs is 3. The number of aromatic nitrogens is 2. The summed E-state index contributed by atoms with van der Waals surface area (Å²) in [6.45, 7) is 5.67. The number of halogens is 3. The minimum atomic E-state index is -4.64. The Bertz CT molecular complexity index is 1090. The maximum absolute atomic E-state index is 13.6. The Morgan fingerprint density at radius 3 is 2.56 bits per heavy atom. The van der Waals surface area contributed by atoms with Gasteiger partial charge in [0, 0.05) is 47.0 Å². The number of aryl methyl sites for hydroxylation is 2. The second-order valence-corrected chi connectivity index (χ2v) is 6.48. The van der Waals surface area contributed by atoms with Crippen LogP contribution in [0.4, 0.5) is 13.2 Å². The first-order valence-corrected chi connectivity index (χ1v) is 8.47.